The van der Waals surface area contributed by atoms with Gasteiger partial charge in [0.1, 0.15) is 0 Å². The van der Waals surface area contributed by atoms with Gasteiger partial charge < -0.3 is 15.0 Å². The number of carbonyl (C=O) groups excluding carboxylic acids is 1. The van der Waals surface area contributed by atoms with E-state index < -0.39 is 0 Å². The van der Waals surface area contributed by atoms with E-state index in [0.29, 0.717) is 19.2 Å². The van der Waals surface area contributed by atoms with E-state index in [9.17, 15) is 4.79 Å². The number of ether oxygens (including phenoxy) is 1. The molecule has 1 N–H and O–H groups in total. The van der Waals surface area contributed by atoms with Crippen LogP contribution in [0.15, 0.2) is 24.3 Å². The van der Waals surface area contributed by atoms with E-state index in [1.165, 1.54) is 0 Å². The van der Waals surface area contributed by atoms with E-state index in [2.05, 4.69) is 5.32 Å². The second-order valence-electron chi connectivity index (χ2n) is 4.68. The molecular formula is C14H20N2O2. The summed E-state index contributed by atoms with van der Waals surface area (Å²) in [5.41, 5.74) is 2.04. The van der Waals surface area contributed by atoms with Gasteiger partial charge in [0.15, 0.2) is 0 Å². The molecule has 2 rings (SSSR count). The third-order valence-corrected chi connectivity index (χ3v) is 3.24. The number of hydrogen-bond acceptors (Lipinski definition) is 3. The van der Waals surface area contributed by atoms with Crippen molar-refractivity contribution in [3.63, 3.8) is 0 Å². The lowest BCUT2D eigenvalue weighted by molar-refractivity contribution is -0.128. The predicted octanol–water partition coefficient (Wildman–Crippen LogP) is 1.87. The minimum Gasteiger partial charge on any atom is -0.380 e. The minimum absolute atomic E-state index is 0.143. The lowest BCUT2D eigenvalue weighted by atomic mass is 10.2. The van der Waals surface area contributed by atoms with Crippen molar-refractivity contribution in [1.29, 1.82) is 0 Å². The van der Waals surface area contributed by atoms with Crippen LogP contribution in [0.1, 0.15) is 18.4 Å². The Bertz CT molecular complexity index is 416. The molecule has 1 fully saturated rings. The Labute approximate surface area is 108 Å². The lowest BCUT2D eigenvalue weighted by Crippen LogP contribution is -2.33. The highest BCUT2D eigenvalue weighted by Crippen LogP contribution is 2.25. The maximum atomic E-state index is 11.9. The van der Waals surface area contributed by atoms with E-state index >= 15 is 0 Å². The fraction of sp³-hybridized carbons (Fsp3) is 0.500. The van der Waals surface area contributed by atoms with Gasteiger partial charge in [-0.3, -0.25) is 4.79 Å². The minimum atomic E-state index is 0.143. The van der Waals surface area contributed by atoms with Gasteiger partial charge in [0.05, 0.1) is 13.2 Å². The number of nitrogens with zero attached hydrogens (tertiary/aromatic N) is 1. The Morgan fingerprint density at radius 3 is 2.83 bits per heavy atom. The molecule has 1 aliphatic carbocycles. The number of carbonyl (C=O) groups is 1. The number of amides is 1. The average Bonchev–Trinajstić information content (AvgIpc) is 3.21. The van der Waals surface area contributed by atoms with Gasteiger partial charge in [-0.15, -0.1) is 0 Å². The standard InChI is InChI=1S/C14H20N2O2/c1-16(12-7-8-12)14(17)9-15-13-6-4-3-5-11(13)10-18-2/h3-6,12,15H,7-10H2,1-2H3. The molecular weight excluding hydrogens is 228 g/mol. The first kappa shape index (κ1) is 12.9. The number of benzene rings is 1. The first-order valence-corrected chi connectivity index (χ1v) is 6.28. The summed E-state index contributed by atoms with van der Waals surface area (Å²) in [6, 6.07) is 8.36. The molecule has 1 amide bonds. The van der Waals surface area contributed by atoms with Crippen LogP contribution < -0.4 is 5.32 Å². The monoisotopic (exact) mass is 248 g/mol. The molecule has 0 unspecified atom stereocenters. The molecule has 4 heteroatoms. The molecule has 1 aromatic carbocycles. The van der Waals surface area contributed by atoms with Crippen molar-refractivity contribution in [1.82, 2.24) is 4.90 Å². The molecule has 4 nitrogen and oxygen atoms in total. The van der Waals surface area contributed by atoms with Crippen molar-refractivity contribution in [2.75, 3.05) is 26.0 Å². The molecule has 0 atom stereocenters. The van der Waals surface area contributed by atoms with E-state index in [4.69, 9.17) is 4.74 Å². The topological polar surface area (TPSA) is 41.6 Å². The van der Waals surface area contributed by atoms with Crippen molar-refractivity contribution in [3.8, 4) is 0 Å². The second-order valence-corrected chi connectivity index (χ2v) is 4.68. The number of methoxy groups -OCH3 is 1. The average molecular weight is 248 g/mol. The SMILES string of the molecule is COCc1ccccc1NCC(=O)N(C)C1CC1. The molecule has 0 aromatic heterocycles. The number of anilines is 1. The van der Waals surface area contributed by atoms with Gasteiger partial charge in [-0.1, -0.05) is 18.2 Å². The molecule has 0 aliphatic heterocycles. The van der Waals surface area contributed by atoms with E-state index in [1.54, 1.807) is 7.11 Å². The number of nitrogens with one attached hydrogen (secondary N) is 1. The summed E-state index contributed by atoms with van der Waals surface area (Å²) in [7, 11) is 3.55. The molecule has 98 valence electrons. The summed E-state index contributed by atoms with van der Waals surface area (Å²) in [4.78, 5) is 13.7. The second kappa shape index (κ2) is 5.87. The highest BCUT2D eigenvalue weighted by atomic mass is 16.5. The summed E-state index contributed by atoms with van der Waals surface area (Å²) in [6.07, 6.45) is 2.28. The Kier molecular flexibility index (Phi) is 4.20. The predicted molar refractivity (Wildman–Crippen MR) is 71.4 cm³/mol. The smallest absolute Gasteiger partial charge is 0.241 e. The maximum absolute atomic E-state index is 11.9. The van der Waals surface area contributed by atoms with Gasteiger partial charge in [0.2, 0.25) is 5.91 Å². The van der Waals surface area contributed by atoms with Crippen molar-refractivity contribution in [2.45, 2.75) is 25.5 Å². The zero-order chi connectivity index (χ0) is 13.0. The van der Waals surface area contributed by atoms with Crippen molar-refractivity contribution >= 4 is 11.6 Å². The van der Waals surface area contributed by atoms with Gasteiger partial charge >= 0.3 is 0 Å². The van der Waals surface area contributed by atoms with Crippen LogP contribution >= 0.6 is 0 Å². The maximum Gasteiger partial charge on any atom is 0.241 e. The third kappa shape index (κ3) is 3.23. The Morgan fingerprint density at radius 2 is 2.17 bits per heavy atom. The summed E-state index contributed by atoms with van der Waals surface area (Å²) in [6.45, 7) is 0.892. The Hall–Kier alpha value is -1.55. The van der Waals surface area contributed by atoms with Gasteiger partial charge in [0, 0.05) is 31.5 Å². The number of para-hydroxylation sites is 1. The third-order valence-electron chi connectivity index (χ3n) is 3.24. The van der Waals surface area contributed by atoms with Crippen LogP contribution in [0.3, 0.4) is 0 Å². The number of rotatable bonds is 6. The fourth-order valence-electron chi connectivity index (χ4n) is 1.94. The quantitative estimate of drug-likeness (QED) is 0.835. The summed E-state index contributed by atoms with van der Waals surface area (Å²) in [5.74, 6) is 0.143. The molecule has 1 aliphatic rings. The van der Waals surface area contributed by atoms with Crippen LogP contribution in [0.4, 0.5) is 5.69 Å². The molecule has 1 saturated carbocycles. The van der Waals surface area contributed by atoms with Crippen molar-refractivity contribution in [2.24, 2.45) is 0 Å². The van der Waals surface area contributed by atoms with Crippen molar-refractivity contribution < 1.29 is 9.53 Å². The van der Waals surface area contributed by atoms with Crippen LogP contribution in [0.5, 0.6) is 0 Å². The summed E-state index contributed by atoms with van der Waals surface area (Å²) >= 11 is 0. The van der Waals surface area contributed by atoms with Crippen LogP contribution in [-0.2, 0) is 16.1 Å². The van der Waals surface area contributed by atoms with E-state index in [1.807, 2.05) is 36.2 Å². The normalized spacial score (nSPS) is 14.3. The number of likely N-dealkylation sites (N-methyl/N-ethyl adjacent to an activating group) is 1. The fourth-order valence-corrected chi connectivity index (χ4v) is 1.94. The molecule has 0 heterocycles. The van der Waals surface area contributed by atoms with Gasteiger partial charge in [-0.2, -0.15) is 0 Å². The zero-order valence-corrected chi connectivity index (χ0v) is 11.0. The Balaban J connectivity index is 1.90. The molecule has 18 heavy (non-hydrogen) atoms. The summed E-state index contributed by atoms with van der Waals surface area (Å²) < 4.78 is 5.14. The Morgan fingerprint density at radius 1 is 1.44 bits per heavy atom. The molecule has 0 saturated heterocycles. The number of hydrogen-bond donors (Lipinski definition) is 1. The highest BCUT2D eigenvalue weighted by molar-refractivity contribution is 5.81. The van der Waals surface area contributed by atoms with Gasteiger partial charge in [-0.05, 0) is 18.9 Å². The zero-order valence-electron chi connectivity index (χ0n) is 11.0. The van der Waals surface area contributed by atoms with E-state index in [-0.39, 0.29) is 5.91 Å². The van der Waals surface area contributed by atoms with Crippen LogP contribution in [0.2, 0.25) is 0 Å². The van der Waals surface area contributed by atoms with Gasteiger partial charge in [-0.25, -0.2) is 0 Å². The van der Waals surface area contributed by atoms with Crippen LogP contribution in [0.25, 0.3) is 0 Å². The molecule has 0 radical (unpaired) electrons. The van der Waals surface area contributed by atoms with Gasteiger partial charge in [0.25, 0.3) is 0 Å². The van der Waals surface area contributed by atoms with Crippen LogP contribution in [0, 0.1) is 0 Å². The van der Waals surface area contributed by atoms with Crippen LogP contribution in [-0.4, -0.2) is 37.6 Å². The molecule has 1 aromatic rings. The first-order valence-electron chi connectivity index (χ1n) is 6.28. The largest absolute Gasteiger partial charge is 0.380 e. The van der Waals surface area contributed by atoms with Crippen molar-refractivity contribution in [3.05, 3.63) is 29.8 Å². The lowest BCUT2D eigenvalue weighted by Gasteiger charge is -2.18. The molecule has 0 bridgehead atoms. The first-order chi connectivity index (χ1) is 8.72. The summed E-state index contributed by atoms with van der Waals surface area (Å²) in [5, 5.41) is 3.19. The molecule has 0 spiro atoms. The highest BCUT2D eigenvalue weighted by Gasteiger charge is 2.29. The van der Waals surface area contributed by atoms with E-state index in [0.717, 1.165) is 24.1 Å².